The molecule has 26 heavy (non-hydrogen) atoms. The highest BCUT2D eigenvalue weighted by molar-refractivity contribution is 5.96. The molecule has 1 aliphatic rings. The maximum absolute atomic E-state index is 13.0. The third kappa shape index (κ3) is 5.52. The lowest BCUT2D eigenvalue weighted by molar-refractivity contribution is -0.138. The van der Waals surface area contributed by atoms with E-state index in [1.165, 1.54) is 0 Å². The molecule has 0 radical (unpaired) electrons. The zero-order valence-electron chi connectivity index (χ0n) is 15.8. The summed E-state index contributed by atoms with van der Waals surface area (Å²) < 4.78 is 5.76. The maximum atomic E-state index is 13.0. The van der Waals surface area contributed by atoms with Crippen molar-refractivity contribution in [2.75, 3.05) is 51.3 Å². The number of morpholine rings is 1. The number of amides is 1. The van der Waals surface area contributed by atoms with Crippen molar-refractivity contribution < 1.29 is 19.4 Å². The Hall–Kier alpha value is -1.96. The number of anilines is 1. The fourth-order valence-corrected chi connectivity index (χ4v) is 3.30. The Morgan fingerprint density at radius 2 is 2.04 bits per heavy atom. The number of hydrogen-bond donors (Lipinski definition) is 1. The molecule has 0 bridgehead atoms. The van der Waals surface area contributed by atoms with Crippen LogP contribution in [0.4, 0.5) is 5.69 Å². The number of rotatable bonds is 8. The molecule has 1 saturated heterocycles. The highest BCUT2D eigenvalue weighted by atomic mass is 16.5. The zero-order valence-corrected chi connectivity index (χ0v) is 15.8. The number of carboxylic acids is 1. The number of carboxylic acid groups (broad SMARTS) is 1. The quantitative estimate of drug-likeness (QED) is 0.747. The van der Waals surface area contributed by atoms with Crippen molar-refractivity contribution in [3.63, 3.8) is 0 Å². The molecule has 7 nitrogen and oxygen atoms in total. The normalized spacial score (nSPS) is 19.3. The van der Waals surface area contributed by atoms with Crippen molar-refractivity contribution >= 4 is 17.6 Å². The fraction of sp³-hybridized carbons (Fsp3) is 0.579. The number of benzene rings is 1. The van der Waals surface area contributed by atoms with Gasteiger partial charge in [-0.3, -0.25) is 19.4 Å². The Morgan fingerprint density at radius 3 is 2.65 bits per heavy atom. The lowest BCUT2D eigenvalue weighted by Crippen LogP contribution is -2.55. The van der Waals surface area contributed by atoms with Crippen molar-refractivity contribution in [2.24, 2.45) is 0 Å². The number of para-hydroxylation sites is 1. The van der Waals surface area contributed by atoms with Gasteiger partial charge in [-0.2, -0.15) is 0 Å². The molecule has 1 aliphatic heterocycles. The predicted octanol–water partition coefficient (Wildman–Crippen LogP) is 1.15. The second-order valence-electron chi connectivity index (χ2n) is 6.67. The molecule has 0 saturated carbocycles. The van der Waals surface area contributed by atoms with Crippen molar-refractivity contribution in [2.45, 2.75) is 26.0 Å². The molecule has 0 aromatic heterocycles. The van der Waals surface area contributed by atoms with E-state index < -0.39 is 5.97 Å². The van der Waals surface area contributed by atoms with Crippen LogP contribution in [0.2, 0.25) is 0 Å². The standard InChI is InChI=1S/C19H29N3O4/c1-4-22(16-8-6-5-7-9-16)19(25)15(2)21-10-11-26-17(13-21)12-20(3)14-18(23)24/h5-9,15,17H,4,10-14H2,1-3H3,(H,23,24). The summed E-state index contributed by atoms with van der Waals surface area (Å²) in [5, 5.41) is 8.88. The van der Waals surface area contributed by atoms with Crippen molar-refractivity contribution in [1.29, 1.82) is 0 Å². The van der Waals surface area contributed by atoms with Gasteiger partial charge in [-0.25, -0.2) is 0 Å². The van der Waals surface area contributed by atoms with Crippen LogP contribution in [-0.4, -0.2) is 85.3 Å². The van der Waals surface area contributed by atoms with Gasteiger partial charge in [0.1, 0.15) is 0 Å². The van der Waals surface area contributed by atoms with Gasteiger partial charge in [0.25, 0.3) is 0 Å². The second-order valence-corrected chi connectivity index (χ2v) is 6.67. The first kappa shape index (κ1) is 20.4. The first-order chi connectivity index (χ1) is 12.4. The van der Waals surface area contributed by atoms with Crippen molar-refractivity contribution in [3.05, 3.63) is 30.3 Å². The number of ether oxygens (including phenoxy) is 1. The van der Waals surface area contributed by atoms with Gasteiger partial charge < -0.3 is 14.7 Å². The van der Waals surface area contributed by atoms with E-state index in [0.29, 0.717) is 32.8 Å². The van der Waals surface area contributed by atoms with E-state index in [9.17, 15) is 9.59 Å². The average Bonchev–Trinajstić information content (AvgIpc) is 2.62. The predicted molar refractivity (Wildman–Crippen MR) is 100 cm³/mol. The number of hydrogen-bond acceptors (Lipinski definition) is 5. The molecule has 1 N–H and O–H groups in total. The first-order valence-corrected chi connectivity index (χ1v) is 9.04. The summed E-state index contributed by atoms with van der Waals surface area (Å²) in [4.78, 5) is 29.5. The van der Waals surface area contributed by atoms with Gasteiger partial charge in [-0.1, -0.05) is 18.2 Å². The van der Waals surface area contributed by atoms with Crippen LogP contribution < -0.4 is 4.90 Å². The Labute approximate surface area is 155 Å². The Balaban J connectivity index is 1.97. The van der Waals surface area contributed by atoms with E-state index in [2.05, 4.69) is 4.90 Å². The zero-order chi connectivity index (χ0) is 19.1. The topological polar surface area (TPSA) is 73.3 Å². The van der Waals surface area contributed by atoms with E-state index in [1.807, 2.05) is 44.2 Å². The van der Waals surface area contributed by atoms with Gasteiger partial charge in [0.05, 0.1) is 25.3 Å². The number of aliphatic carboxylic acids is 1. The number of nitrogens with zero attached hydrogens (tertiary/aromatic N) is 3. The van der Waals surface area contributed by atoms with E-state index >= 15 is 0 Å². The first-order valence-electron chi connectivity index (χ1n) is 9.04. The van der Waals surface area contributed by atoms with Crippen LogP contribution >= 0.6 is 0 Å². The van der Waals surface area contributed by atoms with Crippen LogP contribution in [0.1, 0.15) is 13.8 Å². The van der Waals surface area contributed by atoms with Gasteiger partial charge in [0, 0.05) is 31.9 Å². The van der Waals surface area contributed by atoms with E-state index in [4.69, 9.17) is 9.84 Å². The van der Waals surface area contributed by atoms with Crippen LogP contribution in [0.3, 0.4) is 0 Å². The summed E-state index contributed by atoms with van der Waals surface area (Å²) in [7, 11) is 1.76. The summed E-state index contributed by atoms with van der Waals surface area (Å²) in [5.74, 6) is -0.789. The molecule has 1 aromatic carbocycles. The third-order valence-corrected chi connectivity index (χ3v) is 4.65. The average molecular weight is 363 g/mol. The molecule has 0 spiro atoms. The van der Waals surface area contributed by atoms with Crippen LogP contribution in [0.15, 0.2) is 30.3 Å². The number of likely N-dealkylation sites (N-methyl/N-ethyl adjacent to an activating group) is 2. The van der Waals surface area contributed by atoms with Gasteiger partial charge in [0.2, 0.25) is 5.91 Å². The van der Waals surface area contributed by atoms with Crippen LogP contribution in [0.25, 0.3) is 0 Å². The summed E-state index contributed by atoms with van der Waals surface area (Å²) in [5.41, 5.74) is 0.901. The fourth-order valence-electron chi connectivity index (χ4n) is 3.30. The minimum absolute atomic E-state index is 0.0219. The Morgan fingerprint density at radius 1 is 1.35 bits per heavy atom. The highest BCUT2D eigenvalue weighted by Gasteiger charge is 2.31. The van der Waals surface area contributed by atoms with Gasteiger partial charge in [-0.15, -0.1) is 0 Å². The SMILES string of the molecule is CCN(C(=O)C(C)N1CCOC(CN(C)CC(=O)O)C1)c1ccccc1. The van der Waals surface area contributed by atoms with E-state index in [0.717, 1.165) is 5.69 Å². The third-order valence-electron chi connectivity index (χ3n) is 4.65. The molecular formula is C19H29N3O4. The summed E-state index contributed by atoms with van der Waals surface area (Å²) in [6, 6.07) is 9.42. The van der Waals surface area contributed by atoms with Gasteiger partial charge in [0.15, 0.2) is 0 Å². The molecule has 2 unspecified atom stereocenters. The Kier molecular flexibility index (Phi) is 7.56. The lowest BCUT2D eigenvalue weighted by atomic mass is 10.1. The molecule has 1 aromatic rings. The molecule has 0 aliphatic carbocycles. The highest BCUT2D eigenvalue weighted by Crippen LogP contribution is 2.17. The summed E-state index contributed by atoms with van der Waals surface area (Å²) in [6.07, 6.45) is -0.102. The smallest absolute Gasteiger partial charge is 0.317 e. The van der Waals surface area contributed by atoms with Crippen molar-refractivity contribution in [1.82, 2.24) is 9.80 Å². The minimum Gasteiger partial charge on any atom is -0.480 e. The van der Waals surface area contributed by atoms with Crippen LogP contribution in [0.5, 0.6) is 0 Å². The minimum atomic E-state index is -0.856. The molecule has 7 heteroatoms. The summed E-state index contributed by atoms with van der Waals surface area (Å²) in [6.45, 7) is 6.87. The molecule has 1 heterocycles. The largest absolute Gasteiger partial charge is 0.480 e. The van der Waals surface area contributed by atoms with Crippen LogP contribution in [-0.2, 0) is 14.3 Å². The monoisotopic (exact) mass is 363 g/mol. The van der Waals surface area contributed by atoms with Gasteiger partial charge in [-0.05, 0) is 33.0 Å². The van der Waals surface area contributed by atoms with Crippen molar-refractivity contribution in [3.8, 4) is 0 Å². The van der Waals surface area contributed by atoms with Gasteiger partial charge >= 0.3 is 5.97 Å². The molecule has 144 valence electrons. The van der Waals surface area contributed by atoms with E-state index in [-0.39, 0.29) is 24.6 Å². The number of carbonyl (C=O) groups is 2. The van der Waals surface area contributed by atoms with Crippen LogP contribution in [0, 0.1) is 0 Å². The van der Waals surface area contributed by atoms with E-state index in [1.54, 1.807) is 16.8 Å². The lowest BCUT2D eigenvalue weighted by Gasteiger charge is -2.38. The molecule has 1 amide bonds. The molecule has 2 atom stereocenters. The number of carbonyl (C=O) groups excluding carboxylic acids is 1. The summed E-state index contributed by atoms with van der Waals surface area (Å²) >= 11 is 0. The Bertz CT molecular complexity index is 596. The molecule has 1 fully saturated rings. The second kappa shape index (κ2) is 9.66. The molecule has 2 rings (SSSR count). The molecular weight excluding hydrogens is 334 g/mol. The maximum Gasteiger partial charge on any atom is 0.317 e.